The molecule has 3 heterocycles. The van der Waals surface area contributed by atoms with Crippen LogP contribution in [0.5, 0.6) is 28.7 Å². The van der Waals surface area contributed by atoms with Crippen LogP contribution in [-0.2, 0) is 8.67 Å². The lowest BCUT2D eigenvalue weighted by Crippen LogP contribution is -1.88. The fourth-order valence-electron chi connectivity index (χ4n) is 2.61. The van der Waals surface area contributed by atoms with E-state index in [-0.39, 0.29) is 5.75 Å². The molecule has 40 heavy (non-hydrogen) atoms. The van der Waals surface area contributed by atoms with Gasteiger partial charge in [0.1, 0.15) is 19.9 Å². The van der Waals surface area contributed by atoms with Crippen LogP contribution in [0.25, 0.3) is 0 Å². The Balaban J connectivity index is 0.000000175. The van der Waals surface area contributed by atoms with Gasteiger partial charge in [0.2, 0.25) is 0 Å². The van der Waals surface area contributed by atoms with Crippen molar-refractivity contribution >= 4 is 63.8 Å². The van der Waals surface area contributed by atoms with E-state index in [1.165, 1.54) is 16.2 Å². The Labute approximate surface area is 253 Å². The van der Waals surface area contributed by atoms with E-state index in [1.54, 1.807) is 54.4 Å². The average molecular weight is 638 g/mol. The van der Waals surface area contributed by atoms with Gasteiger partial charge < -0.3 is 30.1 Å². The van der Waals surface area contributed by atoms with Gasteiger partial charge in [-0.1, -0.05) is 36.4 Å². The predicted molar refractivity (Wildman–Crippen MR) is 165 cm³/mol. The van der Waals surface area contributed by atoms with Crippen LogP contribution < -0.4 is 25.0 Å². The number of ether oxygens (including phenoxy) is 2. The smallest absolute Gasteiger partial charge is 0.166 e. The van der Waals surface area contributed by atoms with E-state index in [4.69, 9.17) is 33.7 Å². The van der Waals surface area contributed by atoms with Crippen LogP contribution in [0.3, 0.4) is 0 Å². The first-order valence-electron chi connectivity index (χ1n) is 11.4. The molecule has 0 aliphatic rings. The lowest BCUT2D eigenvalue weighted by atomic mass is 10.3. The predicted octanol–water partition coefficient (Wildman–Crippen LogP) is 8.89. The lowest BCUT2D eigenvalue weighted by Gasteiger charge is -2.03. The van der Waals surface area contributed by atoms with Crippen LogP contribution in [0.15, 0.2) is 97.4 Å². The summed E-state index contributed by atoms with van der Waals surface area (Å²) < 4.78 is 21.6. The molecule has 8 nitrogen and oxygen atoms in total. The maximum absolute atomic E-state index is 9.46. The minimum atomic E-state index is 0.0339. The van der Waals surface area contributed by atoms with Crippen molar-refractivity contribution in [3.63, 3.8) is 0 Å². The number of nitrogen functional groups attached to an aromatic ring is 1. The van der Waals surface area contributed by atoms with Gasteiger partial charge >= 0.3 is 0 Å². The third-order valence-electron chi connectivity index (χ3n) is 4.57. The van der Waals surface area contributed by atoms with E-state index in [2.05, 4.69) is 0 Å². The molecule has 0 aliphatic carbocycles. The summed E-state index contributed by atoms with van der Waals surface area (Å²) in [6, 6.07) is 22.3. The maximum Gasteiger partial charge on any atom is 0.166 e. The molecule has 0 unspecified atom stereocenters. The van der Waals surface area contributed by atoms with E-state index >= 15 is 0 Å². The number of rotatable bonds is 10. The Morgan fingerprint density at radius 3 is 1.65 bits per heavy atom. The van der Waals surface area contributed by atoms with Gasteiger partial charge in [-0.15, -0.1) is 42.7 Å². The zero-order valence-corrected chi connectivity index (χ0v) is 25.8. The van der Waals surface area contributed by atoms with E-state index in [9.17, 15) is 5.11 Å². The number of hydrogen-bond donors (Lipinski definition) is 2. The normalized spacial score (nSPS) is 9.97. The maximum atomic E-state index is 9.46. The summed E-state index contributed by atoms with van der Waals surface area (Å²) in [5.41, 5.74) is 5.82. The summed E-state index contributed by atoms with van der Waals surface area (Å²) in [4.78, 5) is 11.3. The molecule has 0 aliphatic heterocycles. The summed E-state index contributed by atoms with van der Waals surface area (Å²) in [7, 11) is 3.32. The molecule has 3 aromatic heterocycles. The minimum Gasteiger partial charge on any atom is -0.504 e. The molecule has 0 radical (unpaired) electrons. The van der Waals surface area contributed by atoms with Gasteiger partial charge in [0.25, 0.3) is 0 Å². The van der Waals surface area contributed by atoms with Crippen LogP contribution in [0.1, 0.15) is 4.88 Å². The number of nitrogens with two attached hydrogens (primary N) is 1. The second kappa shape index (κ2) is 17.6. The zero-order chi connectivity index (χ0) is 28.6. The van der Waals surface area contributed by atoms with E-state index in [0.717, 1.165) is 39.8 Å². The third kappa shape index (κ3) is 10.5. The molecule has 5 aromatic rings. The van der Waals surface area contributed by atoms with Crippen molar-refractivity contribution in [3.05, 3.63) is 93.8 Å². The largest absolute Gasteiger partial charge is 0.504 e. The number of benzene rings is 2. The molecule has 2 aromatic carbocycles. The van der Waals surface area contributed by atoms with Crippen molar-refractivity contribution < 1.29 is 33.0 Å². The van der Waals surface area contributed by atoms with Crippen molar-refractivity contribution in [1.29, 1.82) is 0 Å². The second-order valence-corrected chi connectivity index (χ2v) is 12.1. The Bertz CT molecular complexity index is 1380. The number of para-hydroxylation sites is 2. The molecule has 5 rings (SSSR count). The van der Waals surface area contributed by atoms with Crippen LogP contribution in [0.2, 0.25) is 0 Å². The fraction of sp³-hybridized carbons (Fsp3) is 0.111. The Morgan fingerprint density at radius 2 is 1.20 bits per heavy atom. The van der Waals surface area contributed by atoms with Crippen molar-refractivity contribution in [2.75, 3.05) is 20.0 Å². The summed E-state index contributed by atoms with van der Waals surface area (Å²) in [6.07, 6.45) is 0. The highest BCUT2D eigenvalue weighted by Crippen LogP contribution is 2.40. The van der Waals surface area contributed by atoms with Gasteiger partial charge in [-0.05, 0) is 54.1 Å². The molecule has 3 N–H and O–H groups in total. The molecule has 0 amide bonds. The fourth-order valence-corrected chi connectivity index (χ4v) is 6.01. The molecule has 0 fully saturated rings. The monoisotopic (exact) mass is 637 g/mol. The number of anilines is 1. The zero-order valence-electron chi connectivity index (χ0n) is 21.7. The van der Waals surface area contributed by atoms with Crippen molar-refractivity contribution in [2.24, 2.45) is 0 Å². The molecule has 13 heteroatoms. The first kappa shape index (κ1) is 31.5. The minimum absolute atomic E-state index is 0.0339. The van der Waals surface area contributed by atoms with Gasteiger partial charge in [-0.2, -0.15) is 0 Å². The highest BCUT2D eigenvalue weighted by Gasteiger charge is 2.10. The summed E-state index contributed by atoms with van der Waals surface area (Å²) in [6.45, 7) is 2.05. The van der Waals surface area contributed by atoms with Gasteiger partial charge in [0, 0.05) is 10.3 Å². The molecular formula is C27H27NO7S5. The van der Waals surface area contributed by atoms with Crippen molar-refractivity contribution in [2.45, 2.75) is 15.3 Å². The number of thiophene rings is 3. The van der Waals surface area contributed by atoms with Crippen LogP contribution in [0, 0.1) is 6.92 Å². The number of hydrogen-bond acceptors (Lipinski definition) is 13. The van der Waals surface area contributed by atoms with Gasteiger partial charge in [0.05, 0.1) is 44.0 Å². The average Bonchev–Trinajstić information content (AvgIpc) is 3.71. The number of aromatic hydroxyl groups is 1. The van der Waals surface area contributed by atoms with Gasteiger partial charge in [-0.3, -0.25) is 0 Å². The number of methoxy groups -OCH3 is 2. The van der Waals surface area contributed by atoms with Crippen LogP contribution in [-0.4, -0.2) is 19.3 Å². The SMILES string of the molecule is COc1ccsc1C.COc1ccsc1SOOc1ccccc1.Nc1csc(SOOc2ccccc2)c1O. The highest BCUT2D eigenvalue weighted by molar-refractivity contribution is 7.96. The highest BCUT2D eigenvalue weighted by atomic mass is 32.2. The van der Waals surface area contributed by atoms with Crippen molar-refractivity contribution in [3.8, 4) is 28.7 Å². The number of aryl methyl sites for hydroxylation is 1. The second-order valence-electron chi connectivity index (χ2n) is 7.24. The molecule has 0 atom stereocenters. The molecule has 212 valence electrons. The van der Waals surface area contributed by atoms with E-state index in [0.29, 0.717) is 21.4 Å². The first-order chi connectivity index (χ1) is 19.5. The quantitative estimate of drug-likeness (QED) is 0.0877. The van der Waals surface area contributed by atoms with E-state index < -0.39 is 0 Å². The summed E-state index contributed by atoms with van der Waals surface area (Å²) in [5, 5.41) is 15.1. The Morgan fingerprint density at radius 1 is 0.675 bits per heavy atom. The molecule has 0 saturated heterocycles. The lowest BCUT2D eigenvalue weighted by molar-refractivity contribution is -0.0776. The molecule has 0 saturated carbocycles. The van der Waals surface area contributed by atoms with Gasteiger partial charge in [0.15, 0.2) is 17.2 Å². The third-order valence-corrected chi connectivity index (χ3v) is 8.82. The van der Waals surface area contributed by atoms with Gasteiger partial charge in [-0.25, -0.2) is 0 Å². The topological polar surface area (TPSA) is 102 Å². The molecular weight excluding hydrogens is 611 g/mol. The summed E-state index contributed by atoms with van der Waals surface area (Å²) in [5.74, 6) is 3.10. The van der Waals surface area contributed by atoms with Crippen molar-refractivity contribution in [1.82, 2.24) is 0 Å². The standard InChI is InChI=1S/C11H10O3S2.C10H9NO3S2.C6H8OS/c1-12-10-7-8-15-11(10)16-14-13-9-5-3-2-4-6-9;11-8-6-15-10(9(8)12)16-14-13-7-4-2-1-3-5-7;1-5-6(7-2)3-4-8-5/h2-8H,1H3;1-6,12H,11H2;3-4H,1-2H3. The molecule has 0 spiro atoms. The van der Waals surface area contributed by atoms with E-state index in [1.807, 2.05) is 78.3 Å². The first-order valence-corrected chi connectivity index (χ1v) is 15.5. The van der Waals surface area contributed by atoms with Crippen LogP contribution in [0.4, 0.5) is 5.69 Å². The summed E-state index contributed by atoms with van der Waals surface area (Å²) >= 11 is 6.61. The Hall–Kier alpha value is -3.04. The Kier molecular flexibility index (Phi) is 13.9. The molecule has 0 bridgehead atoms. The van der Waals surface area contributed by atoms with Crippen LogP contribution >= 0.6 is 58.1 Å².